The minimum absolute atomic E-state index is 0.314. The Morgan fingerprint density at radius 2 is 1.94 bits per heavy atom. The molecule has 92 valence electrons. The van der Waals surface area contributed by atoms with Crippen molar-refractivity contribution in [2.24, 2.45) is 5.92 Å². The fourth-order valence-corrected chi connectivity index (χ4v) is 1.88. The van der Waals surface area contributed by atoms with E-state index >= 15 is 0 Å². The number of rotatable bonds is 4. The molecule has 1 saturated carbocycles. The lowest BCUT2D eigenvalue weighted by molar-refractivity contribution is 0.882. The number of nitrogens with two attached hydrogens (primary N) is 1. The van der Waals surface area contributed by atoms with Crippen molar-refractivity contribution in [2.75, 3.05) is 17.6 Å². The molecular weight excluding hydrogens is 224 g/mol. The van der Waals surface area contributed by atoms with Gasteiger partial charge in [-0.25, -0.2) is 4.98 Å². The summed E-state index contributed by atoms with van der Waals surface area (Å²) in [4.78, 5) is 8.49. The van der Waals surface area contributed by atoms with Gasteiger partial charge in [0.1, 0.15) is 5.82 Å². The van der Waals surface area contributed by atoms with Crippen LogP contribution in [0.3, 0.4) is 0 Å². The molecule has 0 atom stereocenters. The number of benzene rings is 1. The van der Waals surface area contributed by atoms with Crippen molar-refractivity contribution in [3.63, 3.8) is 0 Å². The molecule has 3 N–H and O–H groups in total. The van der Waals surface area contributed by atoms with E-state index in [0.29, 0.717) is 5.95 Å². The van der Waals surface area contributed by atoms with Crippen LogP contribution in [0.15, 0.2) is 36.4 Å². The van der Waals surface area contributed by atoms with Gasteiger partial charge in [0.2, 0.25) is 5.95 Å². The van der Waals surface area contributed by atoms with E-state index in [-0.39, 0.29) is 0 Å². The highest BCUT2D eigenvalue weighted by atomic mass is 15.1. The molecule has 4 heteroatoms. The molecule has 1 fully saturated rings. The zero-order chi connectivity index (χ0) is 12.4. The second-order valence-electron chi connectivity index (χ2n) is 4.69. The minimum atomic E-state index is 0.314. The third-order valence-corrected chi connectivity index (χ3v) is 3.08. The molecule has 0 radical (unpaired) electrons. The van der Waals surface area contributed by atoms with Crippen molar-refractivity contribution in [1.29, 1.82) is 0 Å². The van der Waals surface area contributed by atoms with Crippen molar-refractivity contribution >= 4 is 11.8 Å². The Morgan fingerprint density at radius 1 is 1.17 bits per heavy atom. The van der Waals surface area contributed by atoms with Gasteiger partial charge in [-0.3, -0.25) is 0 Å². The van der Waals surface area contributed by atoms with Crippen LogP contribution in [-0.4, -0.2) is 16.5 Å². The molecule has 0 saturated heterocycles. The molecular formula is C14H16N4. The number of aromatic nitrogens is 2. The molecule has 3 rings (SSSR count). The third-order valence-electron chi connectivity index (χ3n) is 3.08. The summed E-state index contributed by atoms with van der Waals surface area (Å²) < 4.78 is 0. The Balaban J connectivity index is 1.85. The van der Waals surface area contributed by atoms with Crippen LogP contribution in [0.4, 0.5) is 11.8 Å². The van der Waals surface area contributed by atoms with Crippen LogP contribution in [0.25, 0.3) is 11.3 Å². The molecule has 1 aliphatic rings. The number of anilines is 2. The van der Waals surface area contributed by atoms with Crippen LogP contribution >= 0.6 is 0 Å². The van der Waals surface area contributed by atoms with Gasteiger partial charge in [-0.05, 0) is 18.8 Å². The predicted molar refractivity (Wildman–Crippen MR) is 73.1 cm³/mol. The van der Waals surface area contributed by atoms with Gasteiger partial charge in [-0.2, -0.15) is 4.98 Å². The summed E-state index contributed by atoms with van der Waals surface area (Å²) in [6.07, 6.45) is 2.64. The summed E-state index contributed by atoms with van der Waals surface area (Å²) in [5.41, 5.74) is 7.68. The average molecular weight is 240 g/mol. The summed E-state index contributed by atoms with van der Waals surface area (Å²) >= 11 is 0. The van der Waals surface area contributed by atoms with E-state index in [1.807, 2.05) is 36.4 Å². The molecule has 18 heavy (non-hydrogen) atoms. The van der Waals surface area contributed by atoms with Crippen LogP contribution in [0.1, 0.15) is 12.8 Å². The molecule has 0 spiro atoms. The predicted octanol–water partition coefficient (Wildman–Crippen LogP) is 2.55. The molecule has 1 aromatic carbocycles. The highest BCUT2D eigenvalue weighted by Gasteiger charge is 2.20. The normalized spacial score (nSPS) is 14.4. The maximum Gasteiger partial charge on any atom is 0.222 e. The summed E-state index contributed by atoms with van der Waals surface area (Å²) in [6, 6.07) is 12.0. The molecule has 2 aromatic rings. The molecule has 4 nitrogen and oxygen atoms in total. The van der Waals surface area contributed by atoms with Crippen molar-refractivity contribution in [3.05, 3.63) is 36.4 Å². The first-order valence-electron chi connectivity index (χ1n) is 6.25. The van der Waals surface area contributed by atoms with Crippen LogP contribution in [0.5, 0.6) is 0 Å². The van der Waals surface area contributed by atoms with E-state index in [4.69, 9.17) is 5.73 Å². The fourth-order valence-electron chi connectivity index (χ4n) is 1.88. The monoisotopic (exact) mass is 240 g/mol. The number of hydrogen-bond acceptors (Lipinski definition) is 4. The zero-order valence-corrected chi connectivity index (χ0v) is 10.1. The van der Waals surface area contributed by atoms with Gasteiger partial charge in [0.15, 0.2) is 0 Å². The SMILES string of the molecule is Nc1nc(NCC2CC2)cc(-c2ccccc2)n1. The van der Waals surface area contributed by atoms with E-state index in [1.165, 1.54) is 12.8 Å². The number of nitrogens with zero attached hydrogens (tertiary/aromatic N) is 2. The second kappa shape index (κ2) is 4.64. The first kappa shape index (κ1) is 11.0. The van der Waals surface area contributed by atoms with Gasteiger partial charge < -0.3 is 11.1 Å². The maximum absolute atomic E-state index is 5.76. The van der Waals surface area contributed by atoms with Crippen molar-refractivity contribution in [3.8, 4) is 11.3 Å². The smallest absolute Gasteiger partial charge is 0.222 e. The topological polar surface area (TPSA) is 63.8 Å². The quantitative estimate of drug-likeness (QED) is 0.862. The number of nitrogen functional groups attached to an aromatic ring is 1. The number of nitrogens with one attached hydrogen (secondary N) is 1. The fraction of sp³-hybridized carbons (Fsp3) is 0.286. The van der Waals surface area contributed by atoms with Crippen molar-refractivity contribution in [1.82, 2.24) is 9.97 Å². The third kappa shape index (κ3) is 2.59. The highest BCUT2D eigenvalue weighted by molar-refractivity contribution is 5.63. The van der Waals surface area contributed by atoms with E-state index in [9.17, 15) is 0 Å². The van der Waals surface area contributed by atoms with Gasteiger partial charge in [0, 0.05) is 18.2 Å². The molecule has 1 heterocycles. The van der Waals surface area contributed by atoms with Crippen LogP contribution in [-0.2, 0) is 0 Å². The van der Waals surface area contributed by atoms with E-state index in [0.717, 1.165) is 29.5 Å². The van der Waals surface area contributed by atoms with Gasteiger partial charge in [-0.1, -0.05) is 30.3 Å². The summed E-state index contributed by atoms with van der Waals surface area (Å²) in [7, 11) is 0. The molecule has 1 aliphatic carbocycles. The molecule has 0 aliphatic heterocycles. The lowest BCUT2D eigenvalue weighted by Crippen LogP contribution is -2.07. The lowest BCUT2D eigenvalue weighted by Gasteiger charge is -2.07. The Labute approximate surface area is 106 Å². The Morgan fingerprint density at radius 3 is 2.67 bits per heavy atom. The summed E-state index contributed by atoms with van der Waals surface area (Å²) in [6.45, 7) is 0.977. The second-order valence-corrected chi connectivity index (χ2v) is 4.69. The van der Waals surface area contributed by atoms with Gasteiger partial charge in [-0.15, -0.1) is 0 Å². The van der Waals surface area contributed by atoms with E-state index in [2.05, 4.69) is 15.3 Å². The molecule has 0 amide bonds. The van der Waals surface area contributed by atoms with Gasteiger partial charge in [0.05, 0.1) is 5.69 Å². The minimum Gasteiger partial charge on any atom is -0.370 e. The van der Waals surface area contributed by atoms with E-state index < -0.39 is 0 Å². The van der Waals surface area contributed by atoms with Crippen LogP contribution in [0, 0.1) is 5.92 Å². The summed E-state index contributed by atoms with van der Waals surface area (Å²) in [5, 5.41) is 3.33. The van der Waals surface area contributed by atoms with E-state index in [1.54, 1.807) is 0 Å². The maximum atomic E-state index is 5.76. The van der Waals surface area contributed by atoms with Crippen molar-refractivity contribution in [2.45, 2.75) is 12.8 Å². The molecule has 1 aromatic heterocycles. The Kier molecular flexibility index (Phi) is 2.84. The highest BCUT2D eigenvalue weighted by Crippen LogP contribution is 2.29. The Bertz CT molecular complexity index is 535. The van der Waals surface area contributed by atoms with Gasteiger partial charge in [0.25, 0.3) is 0 Å². The van der Waals surface area contributed by atoms with Crippen molar-refractivity contribution < 1.29 is 0 Å². The average Bonchev–Trinajstić information content (AvgIpc) is 3.21. The standard InChI is InChI=1S/C14H16N4/c15-14-17-12(11-4-2-1-3-5-11)8-13(18-14)16-9-10-6-7-10/h1-5,8,10H,6-7,9H2,(H3,15,16,17,18). The first-order valence-corrected chi connectivity index (χ1v) is 6.25. The first-order chi connectivity index (χ1) is 8.81. The number of hydrogen-bond donors (Lipinski definition) is 2. The van der Waals surface area contributed by atoms with Gasteiger partial charge >= 0.3 is 0 Å². The zero-order valence-electron chi connectivity index (χ0n) is 10.1. The van der Waals surface area contributed by atoms with Crippen LogP contribution < -0.4 is 11.1 Å². The largest absolute Gasteiger partial charge is 0.370 e. The Hall–Kier alpha value is -2.10. The van der Waals surface area contributed by atoms with Crippen LogP contribution in [0.2, 0.25) is 0 Å². The molecule has 0 unspecified atom stereocenters. The lowest BCUT2D eigenvalue weighted by atomic mass is 10.1. The molecule has 0 bridgehead atoms. The summed E-state index contributed by atoms with van der Waals surface area (Å²) in [5.74, 6) is 1.93.